The van der Waals surface area contributed by atoms with Gasteiger partial charge in [0.05, 0.1) is 12.7 Å². The number of unbranched alkanes of at least 4 members (excludes halogenated alkanes) is 3. The van der Waals surface area contributed by atoms with E-state index in [2.05, 4.69) is 46.9 Å². The van der Waals surface area contributed by atoms with Crippen LogP contribution in [0.4, 0.5) is 0 Å². The summed E-state index contributed by atoms with van der Waals surface area (Å²) in [6, 6.07) is 8.13. The quantitative estimate of drug-likeness (QED) is 0.0857. The standard InChI is InChI=1S/C22H32O2.C3H6O2S.C3H4O2/c1-5-7-9-11-21(19(4)10-8-6-2)22(23)24-17-16-20-14-12-18(3)13-15-20;4-3(5)1-2-6;1-2-3(4)5/h12-17H,5-11H2,1-4H3;6H,1-2H2,(H,4,5);2H,1H2,(H,4,5). The molecule has 0 unspecified atom stereocenters. The summed E-state index contributed by atoms with van der Waals surface area (Å²) in [6.45, 7) is 11.4. The van der Waals surface area contributed by atoms with Crippen molar-refractivity contribution < 1.29 is 29.3 Å². The minimum atomic E-state index is -0.981. The van der Waals surface area contributed by atoms with Gasteiger partial charge < -0.3 is 14.9 Å². The lowest BCUT2D eigenvalue weighted by molar-refractivity contribution is -0.136. The number of thiol groups is 1. The number of aliphatic carboxylic acids is 2. The highest BCUT2D eigenvalue weighted by Gasteiger charge is 2.13. The Hall–Kier alpha value is -2.80. The molecule has 0 aliphatic carbocycles. The maximum absolute atomic E-state index is 12.5. The summed E-state index contributed by atoms with van der Waals surface area (Å²) in [4.78, 5) is 31.3. The Bertz CT molecular complexity index is 809. The third-order valence-electron chi connectivity index (χ3n) is 4.71. The number of benzene rings is 1. The molecule has 0 amide bonds. The lowest BCUT2D eigenvalue weighted by Crippen LogP contribution is -2.07. The van der Waals surface area contributed by atoms with Crippen molar-refractivity contribution in [2.45, 2.75) is 79.1 Å². The third-order valence-corrected chi connectivity index (χ3v) is 4.93. The van der Waals surface area contributed by atoms with Gasteiger partial charge in [-0.05, 0) is 51.2 Å². The minimum absolute atomic E-state index is 0.156. The van der Waals surface area contributed by atoms with Gasteiger partial charge in [0.15, 0.2) is 0 Å². The van der Waals surface area contributed by atoms with E-state index in [1.807, 2.05) is 30.3 Å². The fourth-order valence-electron chi connectivity index (χ4n) is 2.65. The number of hydrogen-bond donors (Lipinski definition) is 3. The SMILES string of the molecule is C=CC(=O)O.CCCCCC(C(=O)OC=Cc1ccc(C)cc1)=C(C)CCCC.O=C(O)CCS. The summed E-state index contributed by atoms with van der Waals surface area (Å²) in [5.74, 6) is -1.53. The number of esters is 1. The Morgan fingerprint density at radius 3 is 1.97 bits per heavy atom. The molecule has 1 aromatic carbocycles. The van der Waals surface area contributed by atoms with Crippen LogP contribution in [-0.2, 0) is 19.1 Å². The molecule has 196 valence electrons. The van der Waals surface area contributed by atoms with Crippen molar-refractivity contribution in [3.63, 3.8) is 0 Å². The van der Waals surface area contributed by atoms with Gasteiger partial charge in [-0.2, -0.15) is 12.6 Å². The van der Waals surface area contributed by atoms with Gasteiger partial charge in [0, 0.05) is 17.4 Å². The predicted octanol–water partition coefficient (Wildman–Crippen LogP) is 7.24. The first-order valence-corrected chi connectivity index (χ1v) is 12.6. The first-order chi connectivity index (χ1) is 16.6. The van der Waals surface area contributed by atoms with Crippen LogP contribution in [0.5, 0.6) is 0 Å². The molecule has 0 saturated heterocycles. The van der Waals surface area contributed by atoms with Gasteiger partial charge in [-0.3, -0.25) is 4.79 Å². The Labute approximate surface area is 216 Å². The summed E-state index contributed by atoms with van der Waals surface area (Å²) in [7, 11) is 0. The zero-order valence-electron chi connectivity index (χ0n) is 21.6. The third kappa shape index (κ3) is 21.5. The van der Waals surface area contributed by atoms with Crippen molar-refractivity contribution in [3.8, 4) is 0 Å². The Morgan fingerprint density at radius 1 is 0.971 bits per heavy atom. The Morgan fingerprint density at radius 2 is 1.54 bits per heavy atom. The molecule has 0 heterocycles. The molecular weight excluding hydrogens is 464 g/mol. The second-order valence-corrected chi connectivity index (χ2v) is 8.30. The van der Waals surface area contributed by atoms with E-state index in [0.717, 1.165) is 62.2 Å². The van der Waals surface area contributed by atoms with Crippen molar-refractivity contribution in [2.24, 2.45) is 0 Å². The first kappa shape index (κ1) is 34.4. The maximum Gasteiger partial charge on any atom is 0.338 e. The number of carbonyl (C=O) groups is 3. The monoisotopic (exact) mass is 506 g/mol. The van der Waals surface area contributed by atoms with Crippen LogP contribution in [-0.4, -0.2) is 33.9 Å². The van der Waals surface area contributed by atoms with Crippen LogP contribution in [0.25, 0.3) is 6.08 Å². The summed E-state index contributed by atoms with van der Waals surface area (Å²) >= 11 is 3.68. The van der Waals surface area contributed by atoms with E-state index >= 15 is 0 Å². The topological polar surface area (TPSA) is 101 Å². The molecule has 0 bridgehead atoms. The predicted molar refractivity (Wildman–Crippen MR) is 147 cm³/mol. The molecule has 2 N–H and O–H groups in total. The Kier molecular flexibility index (Phi) is 22.6. The van der Waals surface area contributed by atoms with Crippen LogP contribution in [0.1, 0.15) is 83.3 Å². The van der Waals surface area contributed by atoms with E-state index in [0.29, 0.717) is 5.75 Å². The molecule has 0 aliphatic rings. The highest BCUT2D eigenvalue weighted by Crippen LogP contribution is 2.20. The van der Waals surface area contributed by atoms with Crippen molar-refractivity contribution in [3.05, 3.63) is 65.5 Å². The van der Waals surface area contributed by atoms with Crippen LogP contribution < -0.4 is 0 Å². The van der Waals surface area contributed by atoms with Crippen molar-refractivity contribution in [2.75, 3.05) is 5.75 Å². The molecule has 1 rings (SSSR count). The summed E-state index contributed by atoms with van der Waals surface area (Å²) < 4.78 is 5.39. The molecule has 7 heteroatoms. The number of carbonyl (C=O) groups excluding carboxylic acids is 1. The van der Waals surface area contributed by atoms with Crippen molar-refractivity contribution in [1.29, 1.82) is 0 Å². The first-order valence-electron chi connectivity index (χ1n) is 11.9. The summed E-state index contributed by atoms with van der Waals surface area (Å²) in [5, 5.41) is 15.5. The molecular formula is C28H42O6S. The van der Waals surface area contributed by atoms with Crippen LogP contribution >= 0.6 is 12.6 Å². The molecule has 0 aromatic heterocycles. The minimum Gasteiger partial charge on any atom is -0.481 e. The second-order valence-electron chi connectivity index (χ2n) is 7.85. The van der Waals surface area contributed by atoms with Crippen LogP contribution in [0.3, 0.4) is 0 Å². The number of allylic oxidation sites excluding steroid dienone is 1. The summed E-state index contributed by atoms with van der Waals surface area (Å²) in [6.07, 6.45) is 11.8. The maximum atomic E-state index is 12.5. The van der Waals surface area contributed by atoms with Gasteiger partial charge in [-0.25, -0.2) is 9.59 Å². The molecule has 0 saturated carbocycles. The molecule has 0 radical (unpaired) electrons. The van der Waals surface area contributed by atoms with E-state index < -0.39 is 11.9 Å². The van der Waals surface area contributed by atoms with Crippen molar-refractivity contribution in [1.82, 2.24) is 0 Å². The number of rotatable bonds is 13. The fourth-order valence-corrected chi connectivity index (χ4v) is 2.84. The second kappa shape index (κ2) is 23.0. The van der Waals surface area contributed by atoms with Crippen LogP contribution in [0.15, 0.2) is 54.3 Å². The summed E-state index contributed by atoms with van der Waals surface area (Å²) in [5.41, 5.74) is 4.30. The number of ether oxygens (including phenoxy) is 1. The normalized spacial score (nSPS) is 10.8. The van der Waals surface area contributed by atoms with Crippen LogP contribution in [0, 0.1) is 6.92 Å². The highest BCUT2D eigenvalue weighted by atomic mass is 32.1. The smallest absolute Gasteiger partial charge is 0.338 e. The number of hydrogen-bond acceptors (Lipinski definition) is 5. The number of carboxylic acids is 2. The van der Waals surface area contributed by atoms with Gasteiger partial charge in [-0.15, -0.1) is 0 Å². The number of aryl methyl sites for hydroxylation is 1. The zero-order chi connectivity index (χ0) is 27.1. The lowest BCUT2D eigenvalue weighted by atomic mass is 9.99. The van der Waals surface area contributed by atoms with Gasteiger partial charge in [0.25, 0.3) is 0 Å². The molecule has 1 aromatic rings. The lowest BCUT2D eigenvalue weighted by Gasteiger charge is -2.10. The molecule has 6 nitrogen and oxygen atoms in total. The molecule has 35 heavy (non-hydrogen) atoms. The van der Waals surface area contributed by atoms with Gasteiger partial charge in [0.1, 0.15) is 0 Å². The van der Waals surface area contributed by atoms with E-state index in [1.165, 1.54) is 17.4 Å². The van der Waals surface area contributed by atoms with Gasteiger partial charge in [-0.1, -0.05) is 75.1 Å². The highest BCUT2D eigenvalue weighted by molar-refractivity contribution is 7.80. The van der Waals surface area contributed by atoms with E-state index in [1.54, 1.807) is 0 Å². The van der Waals surface area contributed by atoms with Crippen LogP contribution in [0.2, 0.25) is 0 Å². The average Bonchev–Trinajstić information content (AvgIpc) is 2.82. The average molecular weight is 507 g/mol. The largest absolute Gasteiger partial charge is 0.481 e. The molecule has 0 atom stereocenters. The van der Waals surface area contributed by atoms with E-state index in [4.69, 9.17) is 14.9 Å². The van der Waals surface area contributed by atoms with E-state index in [-0.39, 0.29) is 12.4 Å². The number of carboxylic acid groups (broad SMARTS) is 2. The molecule has 0 spiro atoms. The fraction of sp³-hybridized carbons (Fsp3) is 0.464. The Balaban J connectivity index is 0. The van der Waals surface area contributed by atoms with E-state index in [9.17, 15) is 14.4 Å². The molecule has 0 fully saturated rings. The van der Waals surface area contributed by atoms with Crippen molar-refractivity contribution >= 4 is 36.6 Å². The zero-order valence-corrected chi connectivity index (χ0v) is 22.5. The van der Waals surface area contributed by atoms with Gasteiger partial charge in [0.2, 0.25) is 0 Å². The molecule has 0 aliphatic heterocycles. The van der Waals surface area contributed by atoms with Gasteiger partial charge >= 0.3 is 17.9 Å².